The van der Waals surface area contributed by atoms with E-state index < -0.39 is 0 Å². The van der Waals surface area contributed by atoms with Crippen LogP contribution in [0, 0.1) is 16.0 Å². The van der Waals surface area contributed by atoms with E-state index in [0.29, 0.717) is 17.6 Å². The van der Waals surface area contributed by atoms with Crippen molar-refractivity contribution >= 4 is 17.3 Å². The third-order valence-electron chi connectivity index (χ3n) is 4.97. The van der Waals surface area contributed by atoms with Crippen LogP contribution in [0.2, 0.25) is 5.02 Å². The van der Waals surface area contributed by atoms with Gasteiger partial charge in [-0.3, -0.25) is 15.0 Å². The number of likely N-dealkylation sites (tertiary alicyclic amines) is 1. The highest BCUT2D eigenvalue weighted by atomic mass is 35.5. The summed E-state index contributed by atoms with van der Waals surface area (Å²) in [6.45, 7) is 1.70. The molecule has 2 fully saturated rings. The second-order valence-corrected chi connectivity index (χ2v) is 6.69. The maximum atomic E-state index is 11.2. The Kier molecular flexibility index (Phi) is 4.45. The van der Waals surface area contributed by atoms with E-state index >= 15 is 0 Å². The number of hydrogen-bond donors (Lipinski definition) is 0. The molecule has 0 spiro atoms. The number of nitro benzene ring substituents is 1. The van der Waals surface area contributed by atoms with E-state index in [1.165, 1.54) is 44.6 Å². The molecule has 1 heterocycles. The molecule has 0 radical (unpaired) electrons. The zero-order valence-electron chi connectivity index (χ0n) is 12.1. The molecule has 1 aromatic carbocycles. The van der Waals surface area contributed by atoms with E-state index in [2.05, 4.69) is 4.90 Å². The average Bonchev–Trinajstić information content (AvgIpc) is 2.47. The standard InChI is InChI=1S/C16H21ClN2O2/c17-14-7-8-16(19(20)21)13(10-14)11-18-9-3-5-12-4-1-2-6-15(12)18/h7-8,10,12,15H,1-6,9,11H2/t12-,15+/m1/s1. The summed E-state index contributed by atoms with van der Waals surface area (Å²) < 4.78 is 0. The van der Waals surface area contributed by atoms with Gasteiger partial charge in [-0.2, -0.15) is 0 Å². The fraction of sp³-hybridized carbons (Fsp3) is 0.625. The van der Waals surface area contributed by atoms with E-state index in [9.17, 15) is 10.1 Å². The molecular weight excluding hydrogens is 288 g/mol. The molecule has 0 N–H and O–H groups in total. The molecule has 0 amide bonds. The van der Waals surface area contributed by atoms with E-state index in [4.69, 9.17) is 11.6 Å². The maximum absolute atomic E-state index is 11.2. The summed E-state index contributed by atoms with van der Waals surface area (Å²) in [4.78, 5) is 13.4. The van der Waals surface area contributed by atoms with Crippen molar-refractivity contribution in [3.05, 3.63) is 38.9 Å². The highest BCUT2D eigenvalue weighted by Gasteiger charge is 2.33. The van der Waals surface area contributed by atoms with Crippen molar-refractivity contribution in [2.75, 3.05) is 6.54 Å². The minimum absolute atomic E-state index is 0.192. The molecule has 5 heteroatoms. The molecule has 2 atom stereocenters. The molecule has 2 aliphatic rings. The second kappa shape index (κ2) is 6.32. The predicted molar refractivity (Wildman–Crippen MR) is 83.5 cm³/mol. The van der Waals surface area contributed by atoms with E-state index in [-0.39, 0.29) is 10.6 Å². The highest BCUT2D eigenvalue weighted by Crippen LogP contribution is 2.37. The van der Waals surface area contributed by atoms with Gasteiger partial charge in [-0.15, -0.1) is 0 Å². The lowest BCUT2D eigenvalue weighted by Gasteiger charge is -2.44. The molecule has 0 aromatic heterocycles. The number of rotatable bonds is 3. The van der Waals surface area contributed by atoms with Crippen LogP contribution in [0.25, 0.3) is 0 Å². The summed E-state index contributed by atoms with van der Waals surface area (Å²) in [5.74, 6) is 0.783. The van der Waals surface area contributed by atoms with Crippen molar-refractivity contribution in [3.63, 3.8) is 0 Å². The van der Waals surface area contributed by atoms with Gasteiger partial charge in [-0.25, -0.2) is 0 Å². The molecule has 0 bridgehead atoms. The van der Waals surface area contributed by atoms with Crippen LogP contribution in [-0.2, 0) is 6.54 Å². The minimum Gasteiger partial charge on any atom is -0.296 e. The first-order valence-electron chi connectivity index (χ1n) is 7.82. The van der Waals surface area contributed by atoms with Crippen molar-refractivity contribution < 1.29 is 4.92 Å². The molecule has 4 nitrogen and oxygen atoms in total. The molecule has 1 aliphatic heterocycles. The molecular formula is C16H21ClN2O2. The number of piperidine rings is 1. The molecule has 1 saturated carbocycles. The minimum atomic E-state index is -0.298. The molecule has 1 aliphatic carbocycles. The van der Waals surface area contributed by atoms with Crippen LogP contribution in [0.15, 0.2) is 18.2 Å². The number of fused-ring (bicyclic) bond motifs is 1. The Morgan fingerprint density at radius 1 is 1.24 bits per heavy atom. The fourth-order valence-electron chi connectivity index (χ4n) is 4.00. The zero-order valence-corrected chi connectivity index (χ0v) is 12.9. The Morgan fingerprint density at radius 2 is 2.00 bits per heavy atom. The van der Waals surface area contributed by atoms with Gasteiger partial charge in [0.2, 0.25) is 0 Å². The third-order valence-corrected chi connectivity index (χ3v) is 5.20. The number of nitrogens with zero attached hydrogens (tertiary/aromatic N) is 2. The van der Waals surface area contributed by atoms with Gasteiger partial charge in [0.25, 0.3) is 5.69 Å². The number of nitro groups is 1. The highest BCUT2D eigenvalue weighted by molar-refractivity contribution is 6.30. The van der Waals surface area contributed by atoms with Crippen molar-refractivity contribution in [1.29, 1.82) is 0 Å². The summed E-state index contributed by atoms with van der Waals surface area (Å²) >= 11 is 6.04. The molecule has 21 heavy (non-hydrogen) atoms. The van der Waals surface area contributed by atoms with Gasteiger partial charge in [0, 0.05) is 29.2 Å². The van der Waals surface area contributed by atoms with Gasteiger partial charge < -0.3 is 0 Å². The van der Waals surface area contributed by atoms with Gasteiger partial charge in [-0.05, 0) is 50.3 Å². The van der Waals surface area contributed by atoms with Crippen LogP contribution in [0.3, 0.4) is 0 Å². The maximum Gasteiger partial charge on any atom is 0.273 e. The van der Waals surface area contributed by atoms with E-state index in [0.717, 1.165) is 18.0 Å². The zero-order chi connectivity index (χ0) is 14.8. The summed E-state index contributed by atoms with van der Waals surface area (Å²) in [6, 6.07) is 5.49. The lowest BCUT2D eigenvalue weighted by atomic mass is 9.78. The largest absolute Gasteiger partial charge is 0.296 e. The third kappa shape index (κ3) is 3.22. The van der Waals surface area contributed by atoms with Crippen LogP contribution < -0.4 is 0 Å². The summed E-state index contributed by atoms with van der Waals surface area (Å²) in [5.41, 5.74) is 0.941. The molecule has 1 aromatic rings. The Balaban J connectivity index is 1.82. The van der Waals surface area contributed by atoms with Crippen molar-refractivity contribution in [2.45, 2.75) is 51.1 Å². The Hall–Kier alpha value is -1.13. The predicted octanol–water partition coefficient (Wildman–Crippen LogP) is 4.40. The SMILES string of the molecule is O=[N+]([O-])c1ccc(Cl)cc1CN1CCC[C@H]2CCCC[C@@H]21. The van der Waals surface area contributed by atoms with E-state index in [1.54, 1.807) is 12.1 Å². The van der Waals surface area contributed by atoms with Crippen LogP contribution >= 0.6 is 11.6 Å². The van der Waals surface area contributed by atoms with Gasteiger partial charge in [-0.1, -0.05) is 24.4 Å². The van der Waals surface area contributed by atoms with Gasteiger partial charge in [0.15, 0.2) is 0 Å². The monoisotopic (exact) mass is 308 g/mol. The van der Waals surface area contributed by atoms with Crippen molar-refractivity contribution in [2.24, 2.45) is 5.92 Å². The average molecular weight is 309 g/mol. The summed E-state index contributed by atoms with van der Waals surface area (Å²) in [7, 11) is 0. The quantitative estimate of drug-likeness (QED) is 0.614. The summed E-state index contributed by atoms with van der Waals surface area (Å²) in [6.07, 6.45) is 7.70. The van der Waals surface area contributed by atoms with Crippen LogP contribution in [0.1, 0.15) is 44.1 Å². The molecule has 0 unspecified atom stereocenters. The van der Waals surface area contributed by atoms with Gasteiger partial charge in [0.1, 0.15) is 0 Å². The second-order valence-electron chi connectivity index (χ2n) is 6.25. The van der Waals surface area contributed by atoms with Crippen LogP contribution in [-0.4, -0.2) is 22.4 Å². The smallest absolute Gasteiger partial charge is 0.273 e. The van der Waals surface area contributed by atoms with Crippen molar-refractivity contribution in [1.82, 2.24) is 4.90 Å². The fourth-order valence-corrected chi connectivity index (χ4v) is 4.20. The lowest BCUT2D eigenvalue weighted by molar-refractivity contribution is -0.385. The first kappa shape index (κ1) is 14.8. The summed E-state index contributed by atoms with van der Waals surface area (Å²) in [5, 5.41) is 11.8. The Morgan fingerprint density at radius 3 is 2.81 bits per heavy atom. The Labute approximate surface area is 130 Å². The topological polar surface area (TPSA) is 46.4 Å². The lowest BCUT2D eigenvalue weighted by Crippen LogP contribution is -2.46. The van der Waals surface area contributed by atoms with Crippen molar-refractivity contribution in [3.8, 4) is 0 Å². The number of halogens is 1. The van der Waals surface area contributed by atoms with Crippen LogP contribution in [0.5, 0.6) is 0 Å². The Bertz CT molecular complexity index is 533. The molecule has 114 valence electrons. The van der Waals surface area contributed by atoms with Gasteiger partial charge >= 0.3 is 0 Å². The number of benzene rings is 1. The van der Waals surface area contributed by atoms with Gasteiger partial charge in [0.05, 0.1) is 4.92 Å². The first-order valence-corrected chi connectivity index (χ1v) is 8.20. The molecule has 1 saturated heterocycles. The van der Waals surface area contributed by atoms with E-state index in [1.807, 2.05) is 0 Å². The van der Waals surface area contributed by atoms with Crippen LogP contribution in [0.4, 0.5) is 5.69 Å². The number of hydrogen-bond acceptors (Lipinski definition) is 3. The molecule has 3 rings (SSSR count). The normalized spacial score (nSPS) is 26.3. The first-order chi connectivity index (χ1) is 10.1.